The van der Waals surface area contributed by atoms with Crippen molar-refractivity contribution < 1.29 is 13.9 Å². The predicted octanol–water partition coefficient (Wildman–Crippen LogP) is 1.52. The van der Waals surface area contributed by atoms with E-state index in [9.17, 15) is 0 Å². The lowest BCUT2D eigenvalue weighted by atomic mass is 10.4. The Morgan fingerprint density at radius 1 is 1.25 bits per heavy atom. The van der Waals surface area contributed by atoms with Gasteiger partial charge in [-0.05, 0) is 6.92 Å². The molecule has 0 bridgehead atoms. The van der Waals surface area contributed by atoms with Gasteiger partial charge in [0.2, 0.25) is 12.2 Å². The van der Waals surface area contributed by atoms with Gasteiger partial charge in [0, 0.05) is 12.4 Å². The second-order valence-corrected chi connectivity index (χ2v) is 3.34. The molecule has 0 aromatic carbocycles. The van der Waals surface area contributed by atoms with Crippen LogP contribution in [0.2, 0.25) is 0 Å². The molecule has 6 heteroatoms. The Morgan fingerprint density at radius 2 is 2.12 bits per heavy atom. The molecule has 3 heterocycles. The number of aromatic nitrogens is 3. The first-order valence-corrected chi connectivity index (χ1v) is 4.85. The van der Waals surface area contributed by atoms with Crippen LogP contribution in [0.15, 0.2) is 29.3 Å². The molecule has 0 N–H and O–H groups in total. The molecule has 0 saturated carbocycles. The summed E-state index contributed by atoms with van der Waals surface area (Å²) in [6, 6.07) is 0. The Kier molecular flexibility index (Phi) is 2.16. The van der Waals surface area contributed by atoms with Crippen molar-refractivity contribution in [2.45, 2.75) is 19.5 Å². The van der Waals surface area contributed by atoms with E-state index in [-0.39, 0.29) is 6.29 Å². The quantitative estimate of drug-likeness (QED) is 0.762. The summed E-state index contributed by atoms with van der Waals surface area (Å²) in [5.74, 6) is 0.412. The topological polar surface area (TPSA) is 70.3 Å². The Bertz CT molecular complexity index is 479. The van der Waals surface area contributed by atoms with Crippen LogP contribution in [0.4, 0.5) is 0 Å². The maximum Gasteiger partial charge on any atom is 0.247 e. The first kappa shape index (κ1) is 9.44. The minimum Gasteiger partial charge on any atom is -0.443 e. The summed E-state index contributed by atoms with van der Waals surface area (Å²) in [5, 5.41) is 0. The average molecular weight is 219 g/mol. The first-order valence-electron chi connectivity index (χ1n) is 4.85. The van der Waals surface area contributed by atoms with Gasteiger partial charge < -0.3 is 13.9 Å². The summed E-state index contributed by atoms with van der Waals surface area (Å²) in [5.41, 5.74) is 1.19. The second-order valence-electron chi connectivity index (χ2n) is 3.34. The lowest BCUT2D eigenvalue weighted by Crippen LogP contribution is -2.31. The largest absolute Gasteiger partial charge is 0.443 e. The molecule has 82 valence electrons. The highest BCUT2D eigenvalue weighted by atomic mass is 16.9. The van der Waals surface area contributed by atoms with Crippen LogP contribution in [0.25, 0.3) is 11.6 Å². The number of oxazole rings is 1. The molecule has 1 saturated heterocycles. The molecule has 16 heavy (non-hydrogen) atoms. The summed E-state index contributed by atoms with van der Waals surface area (Å²) >= 11 is 0. The standard InChI is InChI=1S/C10H9N3O3/c1-6-15-10(16-6)8-5-14-9(13-8)7-4-11-2-3-12-7/h2-6,10H,1H3. The molecule has 0 atom stereocenters. The highest BCUT2D eigenvalue weighted by Gasteiger charge is 2.31. The second kappa shape index (κ2) is 3.66. The van der Waals surface area contributed by atoms with Crippen molar-refractivity contribution in [3.63, 3.8) is 0 Å². The molecule has 2 aromatic heterocycles. The number of ether oxygens (including phenoxy) is 2. The summed E-state index contributed by atoms with van der Waals surface area (Å²) in [7, 11) is 0. The molecule has 0 amide bonds. The van der Waals surface area contributed by atoms with E-state index in [1.165, 1.54) is 6.26 Å². The highest BCUT2D eigenvalue weighted by molar-refractivity contribution is 5.44. The Hall–Kier alpha value is -1.79. The van der Waals surface area contributed by atoms with Gasteiger partial charge in [0.05, 0.1) is 6.20 Å². The Balaban J connectivity index is 1.83. The monoisotopic (exact) mass is 219 g/mol. The fourth-order valence-electron chi connectivity index (χ4n) is 1.42. The minimum absolute atomic E-state index is 0.179. The highest BCUT2D eigenvalue weighted by Crippen LogP contribution is 2.31. The number of hydrogen-bond acceptors (Lipinski definition) is 6. The van der Waals surface area contributed by atoms with Crippen molar-refractivity contribution in [2.75, 3.05) is 0 Å². The van der Waals surface area contributed by atoms with Gasteiger partial charge in [0.25, 0.3) is 0 Å². The molecule has 0 radical (unpaired) electrons. The molecule has 1 fully saturated rings. The zero-order valence-corrected chi connectivity index (χ0v) is 8.53. The van der Waals surface area contributed by atoms with Crippen LogP contribution >= 0.6 is 0 Å². The van der Waals surface area contributed by atoms with E-state index < -0.39 is 6.29 Å². The van der Waals surface area contributed by atoms with Gasteiger partial charge in [0.15, 0.2) is 6.29 Å². The normalized spacial score (nSPS) is 24.1. The van der Waals surface area contributed by atoms with E-state index in [2.05, 4.69) is 15.0 Å². The smallest absolute Gasteiger partial charge is 0.247 e. The first-order chi connectivity index (χ1) is 7.83. The van der Waals surface area contributed by atoms with E-state index in [0.29, 0.717) is 17.3 Å². The molecule has 3 rings (SSSR count). The van der Waals surface area contributed by atoms with Crippen molar-refractivity contribution in [3.05, 3.63) is 30.5 Å². The average Bonchev–Trinajstić information content (AvgIpc) is 2.75. The SMILES string of the molecule is CC1OC(c2coc(-c3cnccn3)n2)O1. The van der Waals surface area contributed by atoms with Crippen LogP contribution < -0.4 is 0 Å². The third-order valence-electron chi connectivity index (χ3n) is 2.18. The lowest BCUT2D eigenvalue weighted by molar-refractivity contribution is -0.383. The summed E-state index contributed by atoms with van der Waals surface area (Å²) in [6.45, 7) is 1.82. The van der Waals surface area contributed by atoms with Crippen LogP contribution in [0, 0.1) is 0 Å². The number of hydrogen-bond donors (Lipinski definition) is 0. The van der Waals surface area contributed by atoms with Gasteiger partial charge in [-0.3, -0.25) is 4.98 Å². The molecular weight excluding hydrogens is 210 g/mol. The Morgan fingerprint density at radius 3 is 2.81 bits per heavy atom. The molecule has 1 aliphatic heterocycles. The van der Waals surface area contributed by atoms with Crippen LogP contribution in [-0.4, -0.2) is 21.2 Å². The fourth-order valence-corrected chi connectivity index (χ4v) is 1.42. The van der Waals surface area contributed by atoms with Crippen LogP contribution in [-0.2, 0) is 9.47 Å². The molecule has 0 spiro atoms. The molecule has 0 aliphatic carbocycles. The summed E-state index contributed by atoms with van der Waals surface area (Å²) in [6.07, 6.45) is 5.65. The van der Waals surface area contributed by atoms with Crippen molar-refractivity contribution in [3.8, 4) is 11.6 Å². The van der Waals surface area contributed by atoms with Crippen molar-refractivity contribution >= 4 is 0 Å². The molecular formula is C10H9N3O3. The zero-order valence-electron chi connectivity index (χ0n) is 8.53. The molecule has 6 nitrogen and oxygen atoms in total. The van der Waals surface area contributed by atoms with Crippen LogP contribution in [0.1, 0.15) is 18.9 Å². The van der Waals surface area contributed by atoms with E-state index in [1.54, 1.807) is 18.6 Å². The maximum atomic E-state index is 5.29. The fraction of sp³-hybridized carbons (Fsp3) is 0.300. The van der Waals surface area contributed by atoms with Gasteiger partial charge in [-0.2, -0.15) is 0 Å². The van der Waals surface area contributed by atoms with E-state index in [4.69, 9.17) is 13.9 Å². The summed E-state index contributed by atoms with van der Waals surface area (Å²) in [4.78, 5) is 12.2. The third-order valence-corrected chi connectivity index (χ3v) is 2.18. The van der Waals surface area contributed by atoms with Gasteiger partial charge >= 0.3 is 0 Å². The number of nitrogens with zero attached hydrogens (tertiary/aromatic N) is 3. The van der Waals surface area contributed by atoms with Crippen LogP contribution in [0.5, 0.6) is 0 Å². The predicted molar refractivity (Wildman–Crippen MR) is 51.9 cm³/mol. The number of rotatable bonds is 2. The van der Waals surface area contributed by atoms with E-state index >= 15 is 0 Å². The van der Waals surface area contributed by atoms with Gasteiger partial charge in [-0.25, -0.2) is 9.97 Å². The maximum absolute atomic E-state index is 5.29. The van der Waals surface area contributed by atoms with Crippen molar-refractivity contribution in [1.29, 1.82) is 0 Å². The zero-order chi connectivity index (χ0) is 11.0. The van der Waals surface area contributed by atoms with Gasteiger partial charge in [-0.15, -0.1) is 0 Å². The van der Waals surface area contributed by atoms with Gasteiger partial charge in [-0.1, -0.05) is 0 Å². The summed E-state index contributed by atoms with van der Waals surface area (Å²) < 4.78 is 15.9. The third kappa shape index (κ3) is 1.58. The van der Waals surface area contributed by atoms with Gasteiger partial charge in [0.1, 0.15) is 17.7 Å². The van der Waals surface area contributed by atoms with E-state index in [0.717, 1.165) is 0 Å². The molecule has 2 aromatic rings. The minimum atomic E-state index is -0.427. The lowest BCUT2D eigenvalue weighted by Gasteiger charge is -2.31. The molecule has 1 aliphatic rings. The van der Waals surface area contributed by atoms with Crippen molar-refractivity contribution in [2.24, 2.45) is 0 Å². The van der Waals surface area contributed by atoms with Crippen LogP contribution in [0.3, 0.4) is 0 Å². The molecule has 0 unspecified atom stereocenters. The van der Waals surface area contributed by atoms with Crippen molar-refractivity contribution in [1.82, 2.24) is 15.0 Å². The Labute approximate surface area is 91.3 Å². The van der Waals surface area contributed by atoms with E-state index in [1.807, 2.05) is 6.92 Å².